The Bertz CT molecular complexity index is 2410. The van der Waals surface area contributed by atoms with Crippen molar-refractivity contribution in [1.82, 2.24) is 20.0 Å². The SMILES string of the molecule is O=C1CCC(N2Cc3cc4c(cc3C2=O)OC[C@@H]2CN(CC(=O)N3CCC5(CC3)CN(c3ccc([C@@H]6c7ccc(O)cc7CC[C@@H]6c6ccccc6)cc3)C5)CCN42)C(=O)N1. The maximum Gasteiger partial charge on any atom is 0.255 e. The maximum atomic E-state index is 13.7. The van der Waals surface area contributed by atoms with Crippen LogP contribution < -0.4 is 19.9 Å². The number of nitrogens with one attached hydrogen (secondary N) is 1. The molecule has 11 rings (SSSR count). The zero-order chi connectivity index (χ0) is 41.4. The summed E-state index contributed by atoms with van der Waals surface area (Å²) in [5, 5.41) is 12.6. The predicted octanol–water partition coefficient (Wildman–Crippen LogP) is 5.03. The van der Waals surface area contributed by atoms with Crippen molar-refractivity contribution in [1.29, 1.82) is 0 Å². The highest BCUT2D eigenvalue weighted by Crippen LogP contribution is 2.48. The molecule has 1 unspecified atom stereocenters. The molecular formula is C49H52N6O6. The molecule has 0 saturated carbocycles. The van der Waals surface area contributed by atoms with Crippen molar-refractivity contribution in [2.75, 3.05) is 68.8 Å². The standard InChI is InChI=1S/C49H52N6O6/c56-37-11-13-39-33(22-37)8-12-38(31-4-2-1-3-5-31)46(39)32-6-9-35(10-7-32)53-29-49(30-53)16-18-52(19-17-49)45(58)27-51-20-21-54-36(26-51)28-61-43-24-40-34(23-42(43)54)25-55(48(40)60)41-14-15-44(57)50-47(41)59/h1-7,9-11,13,22-24,36,38,41,46,56H,8,12,14-21,25-30H2,(H,50,57,59)/t36-,38+,41?,46-/m0/s1. The molecule has 7 aliphatic rings. The second kappa shape index (κ2) is 14.9. The highest BCUT2D eigenvalue weighted by molar-refractivity contribution is 6.06. The van der Waals surface area contributed by atoms with Crippen LogP contribution >= 0.6 is 0 Å². The fourth-order valence-electron chi connectivity index (χ4n) is 11.6. The third-order valence-electron chi connectivity index (χ3n) is 14.9. The van der Waals surface area contributed by atoms with E-state index in [1.54, 1.807) is 4.90 Å². The molecule has 12 nitrogen and oxygen atoms in total. The Kier molecular flexibility index (Phi) is 9.32. The number of aromatic hydroxyl groups is 1. The molecule has 0 aromatic heterocycles. The lowest BCUT2D eigenvalue weighted by Crippen LogP contribution is -2.62. The van der Waals surface area contributed by atoms with Crippen LogP contribution in [0.4, 0.5) is 11.4 Å². The van der Waals surface area contributed by atoms with Crippen LogP contribution in [0.15, 0.2) is 84.9 Å². The van der Waals surface area contributed by atoms with Crippen molar-refractivity contribution in [3.63, 3.8) is 0 Å². The van der Waals surface area contributed by atoms with E-state index in [-0.39, 0.29) is 41.5 Å². The summed E-state index contributed by atoms with van der Waals surface area (Å²) in [6.07, 6.45) is 4.61. The topological polar surface area (TPSA) is 126 Å². The van der Waals surface area contributed by atoms with Crippen molar-refractivity contribution >= 4 is 35.0 Å². The van der Waals surface area contributed by atoms with Gasteiger partial charge in [0.2, 0.25) is 17.7 Å². The summed E-state index contributed by atoms with van der Waals surface area (Å²) >= 11 is 0. The molecule has 6 heterocycles. The predicted molar refractivity (Wildman–Crippen MR) is 230 cm³/mol. The number of carbonyl (C=O) groups is 4. The molecule has 0 bridgehead atoms. The molecule has 6 aliphatic heterocycles. The highest BCUT2D eigenvalue weighted by Gasteiger charge is 2.46. The number of nitrogens with zero attached hydrogens (tertiary/aromatic N) is 5. The summed E-state index contributed by atoms with van der Waals surface area (Å²) in [4.78, 5) is 62.1. The number of carbonyl (C=O) groups excluding carboxylic acids is 4. The number of aryl methyl sites for hydroxylation is 1. The molecular weight excluding hydrogens is 769 g/mol. The van der Waals surface area contributed by atoms with Crippen LogP contribution in [0, 0.1) is 5.41 Å². The van der Waals surface area contributed by atoms with Crippen molar-refractivity contribution in [2.45, 2.75) is 69.0 Å². The van der Waals surface area contributed by atoms with Crippen molar-refractivity contribution in [3.8, 4) is 11.5 Å². The Hall–Kier alpha value is -5.88. The van der Waals surface area contributed by atoms with Crippen LogP contribution in [-0.4, -0.2) is 114 Å². The number of piperidine rings is 2. The molecule has 4 amide bonds. The number of hydrogen-bond acceptors (Lipinski definition) is 9. The minimum Gasteiger partial charge on any atom is -0.508 e. The maximum absolute atomic E-state index is 13.7. The molecule has 2 N–H and O–H groups in total. The summed E-state index contributed by atoms with van der Waals surface area (Å²) < 4.78 is 6.24. The van der Waals surface area contributed by atoms with E-state index in [4.69, 9.17) is 4.74 Å². The van der Waals surface area contributed by atoms with Gasteiger partial charge in [-0.05, 0) is 102 Å². The Labute approximate surface area is 356 Å². The van der Waals surface area contributed by atoms with E-state index in [1.165, 1.54) is 27.9 Å². The van der Waals surface area contributed by atoms with Gasteiger partial charge in [0, 0.05) is 81.4 Å². The van der Waals surface area contributed by atoms with Crippen LogP contribution in [0.5, 0.6) is 11.5 Å². The van der Waals surface area contributed by atoms with Gasteiger partial charge in [-0.25, -0.2) is 0 Å². The second-order valence-electron chi connectivity index (χ2n) is 18.5. The van der Waals surface area contributed by atoms with Gasteiger partial charge in [-0.3, -0.25) is 29.4 Å². The molecule has 314 valence electrons. The van der Waals surface area contributed by atoms with Gasteiger partial charge in [0.1, 0.15) is 24.1 Å². The summed E-state index contributed by atoms with van der Waals surface area (Å²) in [5.74, 6) is 0.916. The third kappa shape index (κ3) is 6.79. The molecule has 4 saturated heterocycles. The number of amides is 4. The number of rotatable bonds is 6. The first kappa shape index (κ1) is 38.1. The summed E-state index contributed by atoms with van der Waals surface area (Å²) in [6.45, 7) is 7.06. The smallest absolute Gasteiger partial charge is 0.255 e. The van der Waals surface area contributed by atoms with Gasteiger partial charge in [0.25, 0.3) is 5.91 Å². The monoisotopic (exact) mass is 820 g/mol. The Balaban J connectivity index is 0.679. The number of phenols is 1. The van der Waals surface area contributed by atoms with E-state index in [9.17, 15) is 24.3 Å². The second-order valence-corrected chi connectivity index (χ2v) is 18.5. The minimum atomic E-state index is -0.652. The van der Waals surface area contributed by atoms with Gasteiger partial charge < -0.3 is 29.4 Å². The molecule has 4 aromatic rings. The zero-order valence-electron chi connectivity index (χ0n) is 34.4. The van der Waals surface area contributed by atoms with Crippen molar-refractivity contribution in [3.05, 3.63) is 118 Å². The first-order valence-corrected chi connectivity index (χ1v) is 22.1. The molecule has 4 fully saturated rings. The summed E-state index contributed by atoms with van der Waals surface area (Å²) in [5.41, 5.74) is 9.13. The van der Waals surface area contributed by atoms with Crippen LogP contribution in [0.25, 0.3) is 0 Å². The third-order valence-corrected chi connectivity index (χ3v) is 14.9. The van der Waals surface area contributed by atoms with Crippen molar-refractivity contribution < 1.29 is 29.0 Å². The number of ether oxygens (including phenoxy) is 1. The largest absolute Gasteiger partial charge is 0.508 e. The first-order valence-electron chi connectivity index (χ1n) is 22.1. The van der Waals surface area contributed by atoms with E-state index in [1.807, 2.05) is 24.3 Å². The van der Waals surface area contributed by atoms with E-state index in [0.29, 0.717) is 49.1 Å². The number of phenolic OH excluding ortho intramolecular Hbond substituents is 1. The molecule has 61 heavy (non-hydrogen) atoms. The molecule has 1 spiro atoms. The number of fused-ring (bicyclic) bond motifs is 5. The fraction of sp³-hybridized carbons (Fsp3) is 0.429. The number of likely N-dealkylation sites (tertiary alicyclic amines) is 1. The summed E-state index contributed by atoms with van der Waals surface area (Å²) in [6, 6.07) is 29.3. The molecule has 12 heteroatoms. The van der Waals surface area contributed by atoms with Crippen LogP contribution in [0.3, 0.4) is 0 Å². The van der Waals surface area contributed by atoms with E-state index in [0.717, 1.165) is 82.7 Å². The van der Waals surface area contributed by atoms with E-state index >= 15 is 0 Å². The average Bonchev–Trinajstić information content (AvgIpc) is 3.58. The van der Waals surface area contributed by atoms with Crippen LogP contribution in [-0.2, 0) is 27.3 Å². The minimum absolute atomic E-state index is 0.0910. The number of piperazine rings is 1. The number of benzene rings is 4. The fourth-order valence-corrected chi connectivity index (χ4v) is 11.6. The normalized spacial score (nSPS) is 25.5. The van der Waals surface area contributed by atoms with Gasteiger partial charge >= 0.3 is 0 Å². The molecule has 1 aliphatic carbocycles. The first-order chi connectivity index (χ1) is 29.7. The molecule has 4 atom stereocenters. The van der Waals surface area contributed by atoms with Gasteiger partial charge in [0.15, 0.2) is 0 Å². The van der Waals surface area contributed by atoms with Crippen LogP contribution in [0.1, 0.15) is 82.1 Å². The highest BCUT2D eigenvalue weighted by atomic mass is 16.5. The van der Waals surface area contributed by atoms with Crippen LogP contribution in [0.2, 0.25) is 0 Å². The zero-order valence-corrected chi connectivity index (χ0v) is 34.4. The molecule has 0 radical (unpaired) electrons. The van der Waals surface area contributed by atoms with Gasteiger partial charge in [-0.1, -0.05) is 48.5 Å². The van der Waals surface area contributed by atoms with Crippen molar-refractivity contribution in [2.24, 2.45) is 5.41 Å². The lowest BCUT2D eigenvalue weighted by atomic mass is 9.69. The van der Waals surface area contributed by atoms with E-state index in [2.05, 4.69) is 85.6 Å². The lowest BCUT2D eigenvalue weighted by Gasteiger charge is -2.55. The Morgan fingerprint density at radius 2 is 1.62 bits per heavy atom. The quantitative estimate of drug-likeness (QED) is 0.258. The number of hydrogen-bond donors (Lipinski definition) is 2. The van der Waals surface area contributed by atoms with Gasteiger partial charge in [-0.15, -0.1) is 0 Å². The van der Waals surface area contributed by atoms with Gasteiger partial charge in [-0.2, -0.15) is 0 Å². The molecule has 4 aromatic carbocycles. The van der Waals surface area contributed by atoms with Gasteiger partial charge in [0.05, 0.1) is 18.3 Å². The summed E-state index contributed by atoms with van der Waals surface area (Å²) in [7, 11) is 0. The Morgan fingerprint density at radius 1 is 0.820 bits per heavy atom. The van der Waals surface area contributed by atoms with E-state index < -0.39 is 11.9 Å². The number of anilines is 2. The lowest BCUT2D eigenvalue weighted by molar-refractivity contribution is -0.137. The number of imide groups is 1. The average molecular weight is 821 g/mol. The Morgan fingerprint density at radius 3 is 2.41 bits per heavy atom.